The van der Waals surface area contributed by atoms with Crippen molar-refractivity contribution in [1.82, 2.24) is 10.6 Å². The first-order valence-electron chi connectivity index (χ1n) is 7.86. The van der Waals surface area contributed by atoms with Gasteiger partial charge in [-0.15, -0.1) is 0 Å². The highest BCUT2D eigenvalue weighted by molar-refractivity contribution is 5.75. The number of hydrogen-bond acceptors (Lipinski definition) is 3. The summed E-state index contributed by atoms with van der Waals surface area (Å²) < 4.78 is 5.15. The maximum absolute atomic E-state index is 12.3. The predicted octanol–water partition coefficient (Wildman–Crippen LogP) is 2.61. The van der Waals surface area contributed by atoms with Gasteiger partial charge in [0.15, 0.2) is 0 Å². The molecule has 0 spiro atoms. The quantitative estimate of drug-likeness (QED) is 0.725. The fourth-order valence-electron chi connectivity index (χ4n) is 2.70. The van der Waals surface area contributed by atoms with Gasteiger partial charge in [0.25, 0.3) is 0 Å². The van der Waals surface area contributed by atoms with E-state index in [1.165, 1.54) is 0 Å². The van der Waals surface area contributed by atoms with Crippen LogP contribution in [0.2, 0.25) is 0 Å². The van der Waals surface area contributed by atoms with Gasteiger partial charge >= 0.3 is 6.03 Å². The fraction of sp³-hybridized carbons (Fsp3) is 0.588. The first-order valence-corrected chi connectivity index (χ1v) is 7.86. The van der Waals surface area contributed by atoms with E-state index >= 15 is 0 Å². The van der Waals surface area contributed by atoms with E-state index in [4.69, 9.17) is 4.74 Å². The van der Waals surface area contributed by atoms with Gasteiger partial charge in [-0.05, 0) is 49.8 Å². The van der Waals surface area contributed by atoms with E-state index < -0.39 is 5.54 Å². The van der Waals surface area contributed by atoms with Crippen molar-refractivity contribution in [1.29, 1.82) is 0 Å². The smallest absolute Gasteiger partial charge is 0.315 e. The molecule has 0 radical (unpaired) electrons. The number of benzene rings is 1. The molecule has 0 saturated heterocycles. The summed E-state index contributed by atoms with van der Waals surface area (Å²) in [6.45, 7) is 3.89. The number of carbonyl (C=O) groups is 1. The third-order valence-corrected chi connectivity index (χ3v) is 4.44. The number of aliphatic hydroxyl groups excluding tert-OH is 1. The normalized spacial score (nSPS) is 18.2. The molecule has 2 unspecified atom stereocenters. The lowest BCUT2D eigenvalue weighted by atomic mass is 9.97. The molecule has 2 atom stereocenters. The topological polar surface area (TPSA) is 70.6 Å². The van der Waals surface area contributed by atoms with Crippen molar-refractivity contribution < 1.29 is 14.6 Å². The maximum Gasteiger partial charge on any atom is 0.315 e. The maximum atomic E-state index is 12.3. The summed E-state index contributed by atoms with van der Waals surface area (Å²) in [5.41, 5.74) is 0.512. The highest BCUT2D eigenvalue weighted by Gasteiger charge is 2.42. The summed E-state index contributed by atoms with van der Waals surface area (Å²) in [6.07, 6.45) is 2.92. The number of nitrogens with one attached hydrogen (secondary N) is 2. The number of ether oxygens (including phenoxy) is 1. The van der Waals surface area contributed by atoms with E-state index in [0.29, 0.717) is 5.92 Å². The first-order chi connectivity index (χ1) is 10.5. The van der Waals surface area contributed by atoms with Crippen LogP contribution in [0, 0.1) is 5.92 Å². The molecule has 1 aromatic rings. The van der Waals surface area contributed by atoms with E-state index in [2.05, 4.69) is 10.6 Å². The molecule has 122 valence electrons. The number of rotatable bonds is 7. The minimum absolute atomic E-state index is 0.0373. The van der Waals surface area contributed by atoms with Crippen LogP contribution in [0.15, 0.2) is 24.3 Å². The predicted molar refractivity (Wildman–Crippen MR) is 85.9 cm³/mol. The number of hydrogen-bond donors (Lipinski definition) is 3. The lowest BCUT2D eigenvalue weighted by Crippen LogP contribution is -2.54. The second-order valence-corrected chi connectivity index (χ2v) is 6.18. The van der Waals surface area contributed by atoms with Crippen LogP contribution in [0.1, 0.15) is 44.7 Å². The minimum Gasteiger partial charge on any atom is -0.497 e. The molecular formula is C17H26N2O3. The van der Waals surface area contributed by atoms with E-state index in [1.807, 2.05) is 38.1 Å². The van der Waals surface area contributed by atoms with Crippen LogP contribution in [-0.4, -0.2) is 30.4 Å². The van der Waals surface area contributed by atoms with Crippen LogP contribution < -0.4 is 15.4 Å². The van der Waals surface area contributed by atoms with Gasteiger partial charge in [0.05, 0.1) is 25.3 Å². The van der Waals surface area contributed by atoms with Crippen LogP contribution in [0.4, 0.5) is 4.79 Å². The van der Waals surface area contributed by atoms with Gasteiger partial charge in [0, 0.05) is 0 Å². The molecule has 1 fully saturated rings. The minimum atomic E-state index is -0.526. The Morgan fingerprint density at radius 1 is 1.41 bits per heavy atom. The number of carbonyl (C=O) groups excluding carboxylic acids is 1. The molecule has 0 aromatic heterocycles. The molecule has 1 saturated carbocycles. The molecule has 1 aromatic carbocycles. The Hall–Kier alpha value is -1.75. The van der Waals surface area contributed by atoms with Gasteiger partial charge in [-0.3, -0.25) is 0 Å². The summed E-state index contributed by atoms with van der Waals surface area (Å²) in [7, 11) is 1.63. The zero-order chi connectivity index (χ0) is 16.2. The highest BCUT2D eigenvalue weighted by Crippen LogP contribution is 2.39. The third-order valence-electron chi connectivity index (χ3n) is 4.44. The van der Waals surface area contributed by atoms with Crippen LogP contribution in [-0.2, 0) is 0 Å². The molecule has 0 bridgehead atoms. The standard InChI is InChI=1S/C17H26N2O3/c1-4-15(12-5-9-14(22-3)10-6-12)18-16(21)19-17(2,11-20)13-7-8-13/h5-6,9-10,13,15,20H,4,7-8,11H2,1-3H3,(H2,18,19,21). The Balaban J connectivity index is 1.97. The molecule has 2 amide bonds. The molecule has 5 nitrogen and oxygen atoms in total. The Labute approximate surface area is 132 Å². The van der Waals surface area contributed by atoms with Crippen molar-refractivity contribution in [2.24, 2.45) is 5.92 Å². The van der Waals surface area contributed by atoms with Gasteiger partial charge in [0.1, 0.15) is 5.75 Å². The third kappa shape index (κ3) is 3.91. The van der Waals surface area contributed by atoms with Crippen molar-refractivity contribution in [3.05, 3.63) is 29.8 Å². The van der Waals surface area contributed by atoms with E-state index in [9.17, 15) is 9.90 Å². The van der Waals surface area contributed by atoms with E-state index in [-0.39, 0.29) is 18.7 Å². The zero-order valence-electron chi connectivity index (χ0n) is 13.6. The van der Waals surface area contributed by atoms with E-state index in [1.54, 1.807) is 7.11 Å². The van der Waals surface area contributed by atoms with Gasteiger partial charge < -0.3 is 20.5 Å². The molecule has 1 aliphatic rings. The molecular weight excluding hydrogens is 280 g/mol. The summed E-state index contributed by atoms with van der Waals surface area (Å²) in [6, 6.07) is 7.40. The van der Waals surface area contributed by atoms with Gasteiger partial charge in [-0.25, -0.2) is 4.79 Å². The molecule has 22 heavy (non-hydrogen) atoms. The van der Waals surface area contributed by atoms with Gasteiger partial charge in [0.2, 0.25) is 0 Å². The summed E-state index contributed by atoms with van der Waals surface area (Å²) >= 11 is 0. The number of aliphatic hydroxyl groups is 1. The number of methoxy groups -OCH3 is 1. The van der Waals surface area contributed by atoms with Crippen molar-refractivity contribution in [3.8, 4) is 5.75 Å². The SMILES string of the molecule is CCC(NC(=O)NC(C)(CO)C1CC1)c1ccc(OC)cc1. The monoisotopic (exact) mass is 306 g/mol. The van der Waals surface area contributed by atoms with Crippen molar-refractivity contribution in [3.63, 3.8) is 0 Å². The summed E-state index contributed by atoms with van der Waals surface area (Å²) in [4.78, 5) is 12.3. The van der Waals surface area contributed by atoms with Gasteiger partial charge in [-0.1, -0.05) is 19.1 Å². The van der Waals surface area contributed by atoms with Crippen LogP contribution in [0.3, 0.4) is 0 Å². The van der Waals surface area contributed by atoms with Crippen molar-refractivity contribution in [2.45, 2.75) is 44.7 Å². The highest BCUT2D eigenvalue weighted by atomic mass is 16.5. The van der Waals surface area contributed by atoms with Crippen LogP contribution in [0.25, 0.3) is 0 Å². The van der Waals surface area contributed by atoms with E-state index in [0.717, 1.165) is 30.6 Å². The lowest BCUT2D eigenvalue weighted by Gasteiger charge is -2.30. The van der Waals surface area contributed by atoms with Gasteiger partial charge in [-0.2, -0.15) is 0 Å². The molecule has 0 aliphatic heterocycles. The second-order valence-electron chi connectivity index (χ2n) is 6.18. The molecule has 2 rings (SSSR count). The molecule has 0 heterocycles. The van der Waals surface area contributed by atoms with Crippen molar-refractivity contribution in [2.75, 3.05) is 13.7 Å². The Kier molecular flexibility index (Phi) is 5.29. The number of urea groups is 1. The molecule has 1 aliphatic carbocycles. The Bertz CT molecular complexity index is 499. The second kappa shape index (κ2) is 7.01. The average molecular weight is 306 g/mol. The first kappa shape index (κ1) is 16.6. The Morgan fingerprint density at radius 3 is 2.50 bits per heavy atom. The van der Waals surface area contributed by atoms with Crippen LogP contribution >= 0.6 is 0 Å². The Morgan fingerprint density at radius 2 is 2.05 bits per heavy atom. The largest absolute Gasteiger partial charge is 0.497 e. The summed E-state index contributed by atoms with van der Waals surface area (Å²) in [5, 5.41) is 15.5. The fourth-order valence-corrected chi connectivity index (χ4v) is 2.70. The summed E-state index contributed by atoms with van der Waals surface area (Å²) in [5.74, 6) is 1.17. The van der Waals surface area contributed by atoms with Crippen molar-refractivity contribution >= 4 is 6.03 Å². The molecule has 3 N–H and O–H groups in total. The van der Waals surface area contributed by atoms with Crippen LogP contribution in [0.5, 0.6) is 5.75 Å². The average Bonchev–Trinajstić information content (AvgIpc) is 3.38. The number of amides is 2. The molecule has 5 heteroatoms. The lowest BCUT2D eigenvalue weighted by molar-refractivity contribution is 0.154. The zero-order valence-corrected chi connectivity index (χ0v) is 13.6.